The normalized spacial score (nSPS) is 60.9. The minimum absolute atomic E-state index is 0.0246. The van der Waals surface area contributed by atoms with Gasteiger partial charge in [-0.15, -0.1) is 0 Å². The van der Waals surface area contributed by atoms with Crippen LogP contribution in [-0.4, -0.2) is 73.5 Å². The molecule has 5 aliphatic heterocycles. The van der Waals surface area contributed by atoms with Crippen LogP contribution in [0.3, 0.4) is 0 Å². The predicted molar refractivity (Wildman–Crippen MR) is 175 cm³/mol. The van der Waals surface area contributed by atoms with Crippen molar-refractivity contribution in [2.45, 2.75) is 151 Å². The first-order chi connectivity index (χ1) is 21.9. The Hall–Kier alpha value is -0.480. The number of hydrogen-bond acceptors (Lipinski definition) is 12. The van der Waals surface area contributed by atoms with Crippen molar-refractivity contribution in [1.29, 1.82) is 0 Å². The summed E-state index contributed by atoms with van der Waals surface area (Å²) in [7, 11) is 0. The minimum Gasteiger partial charge on any atom is -0.327 e. The first-order valence-electron chi connectivity index (χ1n) is 19.0. The second-order valence-corrected chi connectivity index (χ2v) is 17.0. The van der Waals surface area contributed by atoms with E-state index in [1.165, 1.54) is 64.2 Å². The van der Waals surface area contributed by atoms with E-state index >= 15 is 0 Å². The number of hydrogen-bond donors (Lipinski definition) is 12. The summed E-state index contributed by atoms with van der Waals surface area (Å²) in [6, 6.07) is -0.336. The number of nitrogens with one attached hydrogen (secondary N) is 8. The molecule has 9 aliphatic rings. The Labute approximate surface area is 269 Å². The minimum atomic E-state index is -0.221. The van der Waals surface area contributed by atoms with Crippen LogP contribution in [0.1, 0.15) is 77.6 Å². The Morgan fingerprint density at radius 1 is 0.356 bits per heavy atom. The molecule has 4 saturated carbocycles. The topological polar surface area (TPSA) is 200 Å². The van der Waals surface area contributed by atoms with Gasteiger partial charge in [-0.3, -0.25) is 42.5 Å². The summed E-state index contributed by atoms with van der Waals surface area (Å²) in [5.41, 5.74) is 27.6. The standard InChI is InChI=1S/C33H62N12/c1-13-20-22(24(36)25(37)23(13)35)33-44-31(20)42-29-17-10-5-4-9-16(17)27(40-29)38-26-14-7-2-3-8-15(14)28(39-26)41-30-18-11-6-12-19(34)21(18)32(43-30)45-33/h13-33,38-45H,2-12,34-37H2,1H3. The molecule has 12 nitrogen and oxygen atoms in total. The first kappa shape index (κ1) is 30.6. The molecule has 9 fully saturated rings. The van der Waals surface area contributed by atoms with Crippen LogP contribution in [0.25, 0.3) is 0 Å². The molecule has 21 atom stereocenters. The molecule has 254 valence electrons. The smallest absolute Gasteiger partial charge is 0.0644 e. The summed E-state index contributed by atoms with van der Waals surface area (Å²) in [6.07, 6.45) is 15.7. The second-order valence-electron chi connectivity index (χ2n) is 17.0. The van der Waals surface area contributed by atoms with Crippen LogP contribution in [0, 0.1) is 53.3 Å². The van der Waals surface area contributed by atoms with Crippen LogP contribution in [0.2, 0.25) is 0 Å². The van der Waals surface area contributed by atoms with Gasteiger partial charge in [-0.05, 0) is 80.0 Å². The highest BCUT2D eigenvalue weighted by atomic mass is 15.4. The summed E-state index contributed by atoms with van der Waals surface area (Å²) < 4.78 is 0. The van der Waals surface area contributed by atoms with Crippen LogP contribution in [-0.2, 0) is 0 Å². The van der Waals surface area contributed by atoms with Gasteiger partial charge in [0.15, 0.2) is 0 Å². The van der Waals surface area contributed by atoms with Gasteiger partial charge in [0.1, 0.15) is 0 Å². The van der Waals surface area contributed by atoms with E-state index in [0.717, 1.165) is 6.42 Å². The van der Waals surface area contributed by atoms with Crippen molar-refractivity contribution in [3.63, 3.8) is 0 Å². The Morgan fingerprint density at radius 3 is 1.24 bits per heavy atom. The maximum absolute atomic E-state index is 7.04. The molecule has 45 heavy (non-hydrogen) atoms. The van der Waals surface area contributed by atoms with Crippen molar-refractivity contribution in [3.8, 4) is 0 Å². The zero-order valence-electron chi connectivity index (χ0n) is 27.2. The summed E-state index contributed by atoms with van der Waals surface area (Å²) >= 11 is 0. The second kappa shape index (κ2) is 11.8. The van der Waals surface area contributed by atoms with Crippen LogP contribution in [0.4, 0.5) is 0 Å². The van der Waals surface area contributed by atoms with Gasteiger partial charge >= 0.3 is 0 Å². The lowest BCUT2D eigenvalue weighted by molar-refractivity contribution is 0.0832. The van der Waals surface area contributed by atoms with Crippen molar-refractivity contribution >= 4 is 0 Å². The van der Waals surface area contributed by atoms with E-state index in [1.807, 2.05) is 0 Å². The molecule has 12 heteroatoms. The molecule has 21 unspecified atom stereocenters. The van der Waals surface area contributed by atoms with E-state index in [4.69, 9.17) is 22.9 Å². The quantitative estimate of drug-likeness (QED) is 0.150. The van der Waals surface area contributed by atoms with Gasteiger partial charge in [-0.2, -0.15) is 0 Å². The number of nitrogens with two attached hydrogens (primary N) is 4. The van der Waals surface area contributed by atoms with Crippen LogP contribution in [0.15, 0.2) is 0 Å². The summed E-state index contributed by atoms with van der Waals surface area (Å²) in [6.45, 7) is 2.30. The highest BCUT2D eigenvalue weighted by molar-refractivity contribution is 5.14. The lowest BCUT2D eigenvalue weighted by atomic mass is 9.65. The molecule has 8 bridgehead atoms. The highest BCUT2D eigenvalue weighted by Gasteiger charge is 2.59. The van der Waals surface area contributed by atoms with Gasteiger partial charge in [-0.1, -0.05) is 39.0 Å². The lowest BCUT2D eigenvalue weighted by Crippen LogP contribution is -2.68. The molecule has 0 amide bonds. The van der Waals surface area contributed by atoms with Gasteiger partial charge in [0, 0.05) is 36.0 Å². The summed E-state index contributed by atoms with van der Waals surface area (Å²) in [5.74, 6) is 4.14. The molecular formula is C33H62N12. The third kappa shape index (κ3) is 4.92. The molecule has 5 heterocycles. The first-order valence-corrected chi connectivity index (χ1v) is 19.0. The fourth-order valence-electron chi connectivity index (χ4n) is 12.7. The molecule has 5 saturated heterocycles. The van der Waals surface area contributed by atoms with Crippen LogP contribution < -0.4 is 65.5 Å². The Kier molecular flexibility index (Phi) is 8.04. The van der Waals surface area contributed by atoms with E-state index in [9.17, 15) is 0 Å². The Morgan fingerprint density at radius 2 is 0.733 bits per heavy atom. The monoisotopic (exact) mass is 627 g/mol. The van der Waals surface area contributed by atoms with Crippen LogP contribution >= 0.6 is 0 Å². The molecule has 16 N–H and O–H groups in total. The van der Waals surface area contributed by atoms with E-state index in [2.05, 4.69) is 49.5 Å². The fourth-order valence-corrected chi connectivity index (χ4v) is 12.7. The lowest BCUT2D eigenvalue weighted by Gasteiger charge is -2.47. The molecular weight excluding hydrogens is 564 g/mol. The van der Waals surface area contributed by atoms with E-state index in [1.54, 1.807) is 0 Å². The fraction of sp³-hybridized carbons (Fsp3) is 1.00. The number of rotatable bonds is 0. The van der Waals surface area contributed by atoms with Gasteiger partial charge < -0.3 is 22.9 Å². The zero-order valence-corrected chi connectivity index (χ0v) is 27.2. The molecule has 4 aliphatic carbocycles. The molecule has 0 radical (unpaired) electrons. The third-order valence-electron chi connectivity index (χ3n) is 15.0. The van der Waals surface area contributed by atoms with Crippen molar-refractivity contribution in [2.24, 2.45) is 76.2 Å². The average molecular weight is 627 g/mol. The predicted octanol–water partition coefficient (Wildman–Crippen LogP) is -1.40. The largest absolute Gasteiger partial charge is 0.327 e. The van der Waals surface area contributed by atoms with Crippen LogP contribution in [0.5, 0.6) is 0 Å². The molecule has 9 rings (SSSR count). The zero-order chi connectivity index (χ0) is 30.6. The number of fused-ring (bicyclic) bond motifs is 20. The molecule has 0 spiro atoms. The summed E-state index contributed by atoms with van der Waals surface area (Å²) in [4.78, 5) is 0. The average Bonchev–Trinajstić information content (AvgIpc) is 3.78. The van der Waals surface area contributed by atoms with Gasteiger partial charge in [0.05, 0.1) is 49.3 Å². The molecule has 0 aromatic heterocycles. The molecule has 0 aromatic rings. The van der Waals surface area contributed by atoms with Crippen molar-refractivity contribution < 1.29 is 0 Å². The SMILES string of the molecule is CC1C(N)C(N)C(N)C2C3NC4NC(NC5NC(NC6NC(NC(N3)C12)C1CCCCC61)C1CCCCC51)C1CCCC(N)C41. The van der Waals surface area contributed by atoms with Crippen molar-refractivity contribution in [2.75, 3.05) is 0 Å². The van der Waals surface area contributed by atoms with Crippen molar-refractivity contribution in [3.05, 3.63) is 0 Å². The van der Waals surface area contributed by atoms with Gasteiger partial charge in [0.2, 0.25) is 0 Å². The van der Waals surface area contributed by atoms with Crippen molar-refractivity contribution in [1.82, 2.24) is 42.5 Å². The Balaban J connectivity index is 1.09. The van der Waals surface area contributed by atoms with Gasteiger partial charge in [-0.25, -0.2) is 0 Å². The van der Waals surface area contributed by atoms with E-state index < -0.39 is 0 Å². The Bertz CT molecular complexity index is 1080. The maximum atomic E-state index is 7.04. The van der Waals surface area contributed by atoms with E-state index in [0.29, 0.717) is 54.0 Å². The maximum Gasteiger partial charge on any atom is 0.0644 e. The third-order valence-corrected chi connectivity index (χ3v) is 15.0. The summed E-state index contributed by atoms with van der Waals surface area (Å²) in [5, 5.41) is 33.1. The molecule has 0 aromatic carbocycles. The van der Waals surface area contributed by atoms with Gasteiger partial charge in [0.25, 0.3) is 0 Å². The highest BCUT2D eigenvalue weighted by Crippen LogP contribution is 2.46. The van der Waals surface area contributed by atoms with E-state index in [-0.39, 0.29) is 72.7 Å².